The van der Waals surface area contributed by atoms with Crippen LogP contribution in [0.25, 0.3) is 0 Å². The molecule has 0 saturated carbocycles. The van der Waals surface area contributed by atoms with Gasteiger partial charge in [0, 0.05) is 17.9 Å². The van der Waals surface area contributed by atoms with Crippen molar-refractivity contribution >= 4 is 46.9 Å². The Balaban J connectivity index is 1.75. The predicted molar refractivity (Wildman–Crippen MR) is 101 cm³/mol. The van der Waals surface area contributed by atoms with Crippen LogP contribution in [-0.2, 0) is 9.59 Å². The number of carbonyl (C=O) groups is 2. The van der Waals surface area contributed by atoms with Gasteiger partial charge in [-0.2, -0.15) is 5.10 Å². The van der Waals surface area contributed by atoms with Gasteiger partial charge in [0.05, 0.1) is 16.9 Å². The molecule has 2 aromatic carbocycles. The fourth-order valence-electron chi connectivity index (χ4n) is 1.92. The van der Waals surface area contributed by atoms with E-state index in [2.05, 4.69) is 15.8 Å². The van der Waals surface area contributed by atoms with Crippen molar-refractivity contribution in [3.63, 3.8) is 0 Å². The first-order valence-electron chi connectivity index (χ1n) is 7.57. The fraction of sp³-hybridized carbons (Fsp3) is 0.167. The Bertz CT molecular complexity index is 789. The number of amides is 2. The molecule has 0 radical (unpaired) electrons. The molecule has 0 aromatic heterocycles. The van der Waals surface area contributed by atoms with E-state index in [-0.39, 0.29) is 24.7 Å². The summed E-state index contributed by atoms with van der Waals surface area (Å²) in [6.45, 7) is 1.99. The van der Waals surface area contributed by atoms with Gasteiger partial charge in [-0.15, -0.1) is 0 Å². The highest BCUT2D eigenvalue weighted by Gasteiger charge is 2.09. The molecule has 0 saturated heterocycles. The number of hydrogen-bond acceptors (Lipinski definition) is 3. The Morgan fingerprint density at radius 2 is 1.72 bits per heavy atom. The fourth-order valence-corrected chi connectivity index (χ4v) is 2.37. The number of carbonyl (C=O) groups excluding carboxylic acids is 2. The molecule has 25 heavy (non-hydrogen) atoms. The third-order valence-electron chi connectivity index (χ3n) is 3.26. The van der Waals surface area contributed by atoms with Crippen molar-refractivity contribution in [1.82, 2.24) is 5.43 Å². The van der Waals surface area contributed by atoms with Crippen LogP contribution in [0.5, 0.6) is 0 Å². The van der Waals surface area contributed by atoms with Crippen molar-refractivity contribution < 1.29 is 9.59 Å². The van der Waals surface area contributed by atoms with Crippen LogP contribution in [0.3, 0.4) is 0 Å². The van der Waals surface area contributed by atoms with E-state index in [1.165, 1.54) is 6.07 Å². The molecule has 2 aromatic rings. The number of halogens is 2. The van der Waals surface area contributed by atoms with Gasteiger partial charge in [0.15, 0.2) is 0 Å². The molecule has 0 fully saturated rings. The summed E-state index contributed by atoms with van der Waals surface area (Å²) in [7, 11) is 0. The van der Waals surface area contributed by atoms with E-state index in [1.807, 2.05) is 31.2 Å². The minimum atomic E-state index is -0.347. The van der Waals surface area contributed by atoms with Gasteiger partial charge in [-0.05, 0) is 30.7 Å². The van der Waals surface area contributed by atoms with Gasteiger partial charge >= 0.3 is 0 Å². The molecule has 2 rings (SSSR count). The Labute approximate surface area is 156 Å². The highest BCUT2D eigenvalue weighted by atomic mass is 35.5. The molecule has 0 bridgehead atoms. The smallest absolute Gasteiger partial charge is 0.240 e. The lowest BCUT2D eigenvalue weighted by molar-refractivity contribution is -0.124. The molecule has 0 aliphatic heterocycles. The molecule has 0 unspecified atom stereocenters. The summed E-state index contributed by atoms with van der Waals surface area (Å²) in [5, 5.41) is 7.32. The Morgan fingerprint density at radius 3 is 2.40 bits per heavy atom. The highest BCUT2D eigenvalue weighted by Crippen LogP contribution is 2.25. The maximum absolute atomic E-state index is 11.9. The van der Waals surface area contributed by atoms with E-state index >= 15 is 0 Å². The van der Waals surface area contributed by atoms with Gasteiger partial charge in [0.1, 0.15) is 0 Å². The summed E-state index contributed by atoms with van der Waals surface area (Å²) in [6, 6.07) is 12.5. The Kier molecular flexibility index (Phi) is 6.98. The number of hydrogen-bond donors (Lipinski definition) is 2. The van der Waals surface area contributed by atoms with E-state index < -0.39 is 0 Å². The molecule has 2 N–H and O–H groups in total. The van der Waals surface area contributed by atoms with Gasteiger partial charge in [-0.3, -0.25) is 9.59 Å². The van der Waals surface area contributed by atoms with E-state index in [1.54, 1.807) is 18.3 Å². The van der Waals surface area contributed by atoms with Crippen LogP contribution in [-0.4, -0.2) is 18.0 Å². The maximum Gasteiger partial charge on any atom is 0.240 e. The van der Waals surface area contributed by atoms with E-state index in [0.717, 1.165) is 11.1 Å². The molecule has 0 atom stereocenters. The molecule has 5 nitrogen and oxygen atoms in total. The van der Waals surface area contributed by atoms with Crippen molar-refractivity contribution in [1.29, 1.82) is 0 Å². The molecule has 0 heterocycles. The lowest BCUT2D eigenvalue weighted by atomic mass is 10.2. The lowest BCUT2D eigenvalue weighted by Gasteiger charge is -2.07. The zero-order valence-corrected chi connectivity index (χ0v) is 15.1. The molecule has 130 valence electrons. The Morgan fingerprint density at radius 1 is 1.04 bits per heavy atom. The molecular weight excluding hydrogens is 361 g/mol. The number of rotatable bonds is 6. The van der Waals surface area contributed by atoms with Crippen molar-refractivity contribution in [2.75, 3.05) is 5.32 Å². The molecule has 0 spiro atoms. The van der Waals surface area contributed by atoms with Crippen molar-refractivity contribution in [2.45, 2.75) is 19.8 Å². The standard InChI is InChI=1S/C18H17Cl2N3O2/c1-12-2-4-13(5-3-12)11-21-23-18(25)9-8-17(24)22-16-7-6-14(19)10-15(16)20/h2-7,10-11H,8-9H2,1H3,(H,22,24)(H,23,25). The van der Waals surface area contributed by atoms with Gasteiger partial charge < -0.3 is 5.32 Å². The number of benzene rings is 2. The number of anilines is 1. The summed E-state index contributed by atoms with van der Waals surface area (Å²) >= 11 is 11.8. The van der Waals surface area contributed by atoms with E-state index in [4.69, 9.17) is 23.2 Å². The van der Waals surface area contributed by atoms with Crippen LogP contribution >= 0.6 is 23.2 Å². The zero-order valence-electron chi connectivity index (χ0n) is 13.6. The summed E-state index contributed by atoms with van der Waals surface area (Å²) < 4.78 is 0. The third-order valence-corrected chi connectivity index (χ3v) is 3.81. The van der Waals surface area contributed by atoms with Gasteiger partial charge in [-0.1, -0.05) is 53.0 Å². The second-order valence-electron chi connectivity index (χ2n) is 5.38. The van der Waals surface area contributed by atoms with Crippen molar-refractivity contribution in [3.05, 3.63) is 63.6 Å². The first-order chi connectivity index (χ1) is 11.9. The topological polar surface area (TPSA) is 70.6 Å². The van der Waals surface area contributed by atoms with E-state index in [9.17, 15) is 9.59 Å². The second kappa shape index (κ2) is 9.20. The highest BCUT2D eigenvalue weighted by molar-refractivity contribution is 6.36. The molecule has 0 aliphatic carbocycles. The zero-order chi connectivity index (χ0) is 18.2. The predicted octanol–water partition coefficient (Wildman–Crippen LogP) is 4.17. The molecule has 0 aliphatic rings. The average molecular weight is 378 g/mol. The van der Waals surface area contributed by atoms with Gasteiger partial charge in [-0.25, -0.2) is 5.43 Å². The van der Waals surface area contributed by atoms with Crippen LogP contribution in [0.15, 0.2) is 47.6 Å². The van der Waals surface area contributed by atoms with Crippen LogP contribution < -0.4 is 10.7 Å². The number of aryl methyl sites for hydroxylation is 1. The average Bonchev–Trinajstić information content (AvgIpc) is 2.57. The monoisotopic (exact) mass is 377 g/mol. The molecular formula is C18H17Cl2N3O2. The summed E-state index contributed by atoms with van der Waals surface area (Å²) in [6.07, 6.45) is 1.58. The minimum Gasteiger partial charge on any atom is -0.325 e. The summed E-state index contributed by atoms with van der Waals surface area (Å²) in [5.41, 5.74) is 4.87. The van der Waals surface area contributed by atoms with Crippen molar-refractivity contribution in [2.24, 2.45) is 5.10 Å². The van der Waals surface area contributed by atoms with Crippen LogP contribution in [0.1, 0.15) is 24.0 Å². The van der Waals surface area contributed by atoms with Gasteiger partial charge in [0.2, 0.25) is 11.8 Å². The summed E-state index contributed by atoms with van der Waals surface area (Å²) in [5.74, 6) is -0.664. The first kappa shape index (κ1) is 19.0. The minimum absolute atomic E-state index is 0.0162. The third kappa shape index (κ3) is 6.57. The quantitative estimate of drug-likeness (QED) is 0.585. The normalized spacial score (nSPS) is 10.7. The summed E-state index contributed by atoms with van der Waals surface area (Å²) in [4.78, 5) is 23.6. The maximum atomic E-state index is 11.9. The van der Waals surface area contributed by atoms with Crippen LogP contribution in [0.4, 0.5) is 5.69 Å². The second-order valence-corrected chi connectivity index (χ2v) is 6.22. The number of nitrogens with one attached hydrogen (secondary N) is 2. The van der Waals surface area contributed by atoms with Gasteiger partial charge in [0.25, 0.3) is 0 Å². The molecule has 7 heteroatoms. The largest absolute Gasteiger partial charge is 0.325 e. The number of hydrazone groups is 1. The van der Waals surface area contributed by atoms with Crippen molar-refractivity contribution in [3.8, 4) is 0 Å². The lowest BCUT2D eigenvalue weighted by Crippen LogP contribution is -2.20. The Hall–Kier alpha value is -2.37. The molecule has 2 amide bonds. The van der Waals surface area contributed by atoms with Crippen LogP contribution in [0, 0.1) is 6.92 Å². The van der Waals surface area contributed by atoms with E-state index in [0.29, 0.717) is 15.7 Å². The SMILES string of the molecule is Cc1ccc(C=NNC(=O)CCC(=O)Nc2ccc(Cl)cc2Cl)cc1. The number of nitrogens with zero attached hydrogens (tertiary/aromatic N) is 1. The first-order valence-corrected chi connectivity index (χ1v) is 8.33. The van der Waals surface area contributed by atoms with Crippen LogP contribution in [0.2, 0.25) is 10.0 Å².